The predicted octanol–water partition coefficient (Wildman–Crippen LogP) is 4.98. The molecule has 1 heterocycles. The van der Waals surface area contributed by atoms with Crippen molar-refractivity contribution in [1.29, 1.82) is 0 Å². The standard InChI is InChI=1S/C24H24BrN3O3S/c1-3-28-22-7-5-4-6-20(22)21-14-19(12-13-23(21)28)26-24(29)16-27(32(2,30)31)15-17-8-10-18(25)11-9-17/h4-14H,3,15-16H2,1-2H3,(H,26,29). The smallest absolute Gasteiger partial charge is 0.239 e. The zero-order valence-corrected chi connectivity index (χ0v) is 20.3. The third-order valence-corrected chi connectivity index (χ3v) is 7.16. The van der Waals surface area contributed by atoms with Crippen LogP contribution < -0.4 is 5.32 Å². The van der Waals surface area contributed by atoms with Gasteiger partial charge in [-0.2, -0.15) is 4.31 Å². The Kier molecular flexibility index (Phi) is 6.37. The fraction of sp³-hybridized carbons (Fsp3) is 0.208. The summed E-state index contributed by atoms with van der Waals surface area (Å²) in [6.45, 7) is 2.81. The fourth-order valence-electron chi connectivity index (χ4n) is 3.92. The third-order valence-electron chi connectivity index (χ3n) is 5.43. The molecule has 0 spiro atoms. The monoisotopic (exact) mass is 513 g/mol. The van der Waals surface area contributed by atoms with Crippen LogP contribution in [-0.4, -0.2) is 36.0 Å². The number of carbonyl (C=O) groups excluding carboxylic acids is 1. The average molecular weight is 514 g/mol. The summed E-state index contributed by atoms with van der Waals surface area (Å²) in [4.78, 5) is 12.7. The van der Waals surface area contributed by atoms with E-state index in [4.69, 9.17) is 0 Å². The van der Waals surface area contributed by atoms with E-state index >= 15 is 0 Å². The van der Waals surface area contributed by atoms with Crippen molar-refractivity contribution in [2.24, 2.45) is 0 Å². The third kappa shape index (κ3) is 4.72. The molecule has 1 N–H and O–H groups in total. The minimum Gasteiger partial charge on any atom is -0.341 e. The van der Waals surface area contributed by atoms with Gasteiger partial charge in [0.25, 0.3) is 0 Å². The largest absolute Gasteiger partial charge is 0.341 e. The van der Waals surface area contributed by atoms with E-state index in [1.165, 1.54) is 4.31 Å². The Balaban J connectivity index is 1.57. The first kappa shape index (κ1) is 22.5. The molecule has 0 saturated heterocycles. The molecule has 0 aliphatic carbocycles. The van der Waals surface area contributed by atoms with Crippen LogP contribution in [-0.2, 0) is 27.9 Å². The van der Waals surface area contributed by atoms with Gasteiger partial charge in [0, 0.05) is 45.1 Å². The van der Waals surface area contributed by atoms with E-state index in [-0.39, 0.29) is 19.0 Å². The minimum atomic E-state index is -3.57. The van der Waals surface area contributed by atoms with Gasteiger partial charge < -0.3 is 9.88 Å². The summed E-state index contributed by atoms with van der Waals surface area (Å²) in [7, 11) is -3.57. The number of anilines is 1. The predicted molar refractivity (Wildman–Crippen MR) is 133 cm³/mol. The van der Waals surface area contributed by atoms with E-state index in [9.17, 15) is 13.2 Å². The van der Waals surface area contributed by atoms with Crippen LogP contribution in [0.2, 0.25) is 0 Å². The second-order valence-corrected chi connectivity index (χ2v) is 10.6. The molecule has 0 atom stereocenters. The van der Waals surface area contributed by atoms with Gasteiger partial charge in [-0.15, -0.1) is 0 Å². The number of rotatable bonds is 7. The van der Waals surface area contributed by atoms with Gasteiger partial charge in [0.05, 0.1) is 12.8 Å². The van der Waals surface area contributed by atoms with Crippen molar-refractivity contribution < 1.29 is 13.2 Å². The number of para-hydroxylation sites is 1. The number of benzene rings is 3. The van der Waals surface area contributed by atoms with Gasteiger partial charge in [0.2, 0.25) is 15.9 Å². The molecule has 4 rings (SSSR count). The highest BCUT2D eigenvalue weighted by atomic mass is 79.9. The highest BCUT2D eigenvalue weighted by molar-refractivity contribution is 9.10. The molecule has 0 bridgehead atoms. The van der Waals surface area contributed by atoms with E-state index < -0.39 is 10.0 Å². The molecule has 32 heavy (non-hydrogen) atoms. The maximum absolute atomic E-state index is 12.7. The first-order valence-electron chi connectivity index (χ1n) is 10.3. The molecule has 6 nitrogen and oxygen atoms in total. The minimum absolute atomic E-state index is 0.128. The van der Waals surface area contributed by atoms with Gasteiger partial charge in [-0.05, 0) is 48.9 Å². The first-order valence-corrected chi connectivity index (χ1v) is 12.9. The second-order valence-electron chi connectivity index (χ2n) is 7.70. The first-order chi connectivity index (χ1) is 15.3. The van der Waals surface area contributed by atoms with Crippen LogP contribution in [0.15, 0.2) is 71.2 Å². The average Bonchev–Trinajstić information content (AvgIpc) is 3.07. The summed E-state index contributed by atoms with van der Waals surface area (Å²) in [6.07, 6.45) is 1.12. The van der Waals surface area contributed by atoms with Crippen LogP contribution in [0.1, 0.15) is 12.5 Å². The number of carbonyl (C=O) groups is 1. The molecule has 0 aliphatic rings. The Morgan fingerprint density at radius 1 is 1.00 bits per heavy atom. The van der Waals surface area contributed by atoms with Crippen molar-refractivity contribution >= 4 is 59.4 Å². The molecular formula is C24H24BrN3O3S. The lowest BCUT2D eigenvalue weighted by Gasteiger charge is -2.19. The number of hydrogen-bond acceptors (Lipinski definition) is 3. The van der Waals surface area contributed by atoms with Crippen LogP contribution in [0, 0.1) is 0 Å². The van der Waals surface area contributed by atoms with Gasteiger partial charge in [-0.3, -0.25) is 4.79 Å². The summed E-state index contributed by atoms with van der Waals surface area (Å²) in [5.74, 6) is -0.383. The molecule has 0 saturated carbocycles. The van der Waals surface area contributed by atoms with Gasteiger partial charge in [-0.25, -0.2) is 8.42 Å². The Labute approximate surface area is 196 Å². The molecule has 4 aromatic rings. The van der Waals surface area contributed by atoms with Crippen molar-refractivity contribution in [3.05, 3.63) is 76.8 Å². The van der Waals surface area contributed by atoms with Crippen LogP contribution in [0.5, 0.6) is 0 Å². The maximum Gasteiger partial charge on any atom is 0.239 e. The Morgan fingerprint density at radius 2 is 1.69 bits per heavy atom. The van der Waals surface area contributed by atoms with Crippen molar-refractivity contribution in [1.82, 2.24) is 8.87 Å². The van der Waals surface area contributed by atoms with Crippen molar-refractivity contribution in [3.8, 4) is 0 Å². The molecule has 0 unspecified atom stereocenters. The van der Waals surface area contributed by atoms with Crippen LogP contribution in [0.4, 0.5) is 5.69 Å². The molecule has 0 radical (unpaired) electrons. The quantitative estimate of drug-likeness (QED) is 0.378. The fourth-order valence-corrected chi connectivity index (χ4v) is 4.92. The molecule has 3 aromatic carbocycles. The van der Waals surface area contributed by atoms with Gasteiger partial charge in [-0.1, -0.05) is 46.3 Å². The van der Waals surface area contributed by atoms with Crippen molar-refractivity contribution in [2.45, 2.75) is 20.0 Å². The molecular weight excluding hydrogens is 490 g/mol. The molecule has 166 valence electrons. The van der Waals surface area contributed by atoms with Crippen molar-refractivity contribution in [3.63, 3.8) is 0 Å². The van der Waals surface area contributed by atoms with Gasteiger partial charge in [0.1, 0.15) is 0 Å². The lowest BCUT2D eigenvalue weighted by atomic mass is 10.1. The van der Waals surface area contributed by atoms with E-state index in [0.717, 1.165) is 44.6 Å². The summed E-state index contributed by atoms with van der Waals surface area (Å²) in [5, 5.41) is 5.03. The van der Waals surface area contributed by atoms with E-state index in [2.05, 4.69) is 44.9 Å². The number of aryl methyl sites for hydroxylation is 1. The number of fused-ring (bicyclic) bond motifs is 3. The lowest BCUT2D eigenvalue weighted by Crippen LogP contribution is -2.36. The topological polar surface area (TPSA) is 71.4 Å². The van der Waals surface area contributed by atoms with Gasteiger partial charge >= 0.3 is 0 Å². The molecule has 8 heteroatoms. The van der Waals surface area contributed by atoms with Gasteiger partial charge in [0.15, 0.2) is 0 Å². The Morgan fingerprint density at radius 3 is 2.38 bits per heavy atom. The summed E-state index contributed by atoms with van der Waals surface area (Å²) >= 11 is 3.37. The number of amides is 1. The second kappa shape index (κ2) is 9.05. The SMILES string of the molecule is CCn1c2ccccc2c2cc(NC(=O)CN(Cc3ccc(Br)cc3)S(C)(=O)=O)ccc21. The molecule has 1 amide bonds. The normalized spacial score (nSPS) is 12.0. The zero-order valence-electron chi connectivity index (χ0n) is 17.9. The number of nitrogens with one attached hydrogen (secondary N) is 1. The van der Waals surface area contributed by atoms with Crippen LogP contribution >= 0.6 is 15.9 Å². The molecule has 0 aliphatic heterocycles. The molecule has 1 aromatic heterocycles. The zero-order chi connectivity index (χ0) is 22.9. The van der Waals surface area contributed by atoms with Crippen LogP contribution in [0.3, 0.4) is 0 Å². The van der Waals surface area contributed by atoms with Crippen LogP contribution in [0.25, 0.3) is 21.8 Å². The number of halogens is 1. The highest BCUT2D eigenvalue weighted by Crippen LogP contribution is 2.31. The number of nitrogens with zero attached hydrogens (tertiary/aromatic N) is 2. The lowest BCUT2D eigenvalue weighted by molar-refractivity contribution is -0.116. The molecule has 0 fully saturated rings. The summed E-state index contributed by atoms with van der Waals surface area (Å²) in [6, 6.07) is 21.3. The summed E-state index contributed by atoms with van der Waals surface area (Å²) in [5.41, 5.74) is 3.68. The van der Waals surface area contributed by atoms with E-state index in [1.807, 2.05) is 54.6 Å². The Bertz CT molecular complexity index is 1400. The number of hydrogen-bond donors (Lipinski definition) is 1. The summed E-state index contributed by atoms with van der Waals surface area (Å²) < 4.78 is 28.9. The number of aromatic nitrogens is 1. The number of sulfonamides is 1. The van der Waals surface area contributed by atoms with Crippen molar-refractivity contribution in [2.75, 3.05) is 18.1 Å². The maximum atomic E-state index is 12.7. The Hall–Kier alpha value is -2.68. The van der Waals surface area contributed by atoms with E-state index in [0.29, 0.717) is 5.69 Å². The van der Waals surface area contributed by atoms with E-state index in [1.54, 1.807) is 0 Å². The highest BCUT2D eigenvalue weighted by Gasteiger charge is 2.21.